The van der Waals surface area contributed by atoms with Crippen molar-refractivity contribution >= 4 is 0 Å². The van der Waals surface area contributed by atoms with Crippen LogP contribution in [0.5, 0.6) is 0 Å². The Bertz CT molecular complexity index is 80.6. The van der Waals surface area contributed by atoms with Gasteiger partial charge in [0.1, 0.15) is 0 Å². The first-order valence-corrected chi connectivity index (χ1v) is 3.54. The Labute approximate surface area is 49.7 Å². The van der Waals surface area contributed by atoms with Gasteiger partial charge in [-0.15, -0.1) is 0 Å². The number of hydrogen-bond donors (Lipinski definition) is 0. The summed E-state index contributed by atoms with van der Waals surface area (Å²) in [5.41, 5.74) is 0. The molecule has 2 fully saturated rings. The van der Waals surface area contributed by atoms with Crippen molar-refractivity contribution in [3.63, 3.8) is 0 Å². The molecule has 0 heterocycles. The van der Waals surface area contributed by atoms with Crippen molar-refractivity contribution in [3.8, 4) is 0 Å². The Morgan fingerprint density at radius 2 is 1.38 bits per heavy atom. The molecule has 0 aromatic carbocycles. The predicted octanol–water partition coefficient (Wildman–Crippen LogP) is 1.61. The molecule has 0 N–H and O–H groups in total. The third-order valence-electron chi connectivity index (χ3n) is 2.17. The molecule has 2 saturated carbocycles. The minimum absolute atomic E-state index is 0.157. The van der Waals surface area contributed by atoms with Crippen LogP contribution in [-0.4, -0.2) is 6.10 Å². The lowest BCUT2D eigenvalue weighted by molar-refractivity contribution is 0.0510. The zero-order valence-corrected chi connectivity index (χ0v) is 4.97. The van der Waals surface area contributed by atoms with E-state index in [9.17, 15) is 5.11 Å². The zero-order chi connectivity index (χ0) is 5.56. The fourth-order valence-corrected chi connectivity index (χ4v) is 1.23. The van der Waals surface area contributed by atoms with Crippen LogP contribution in [0.3, 0.4) is 0 Å². The second-order valence-electron chi connectivity index (χ2n) is 3.14. The van der Waals surface area contributed by atoms with Crippen LogP contribution in [-0.2, 0) is 5.11 Å². The van der Waals surface area contributed by atoms with Gasteiger partial charge < -0.3 is 0 Å². The number of hydrogen-bond acceptors (Lipinski definition) is 0. The quantitative estimate of drug-likeness (QED) is 0.516. The largest absolute Gasteiger partial charge is 0.233 e. The van der Waals surface area contributed by atoms with E-state index in [4.69, 9.17) is 0 Å². The Morgan fingerprint density at radius 1 is 1.00 bits per heavy atom. The van der Waals surface area contributed by atoms with Crippen LogP contribution >= 0.6 is 0 Å². The van der Waals surface area contributed by atoms with E-state index in [0.29, 0.717) is 11.8 Å². The van der Waals surface area contributed by atoms with Gasteiger partial charge in [-0.25, -0.2) is 5.11 Å². The van der Waals surface area contributed by atoms with Crippen molar-refractivity contribution < 1.29 is 5.11 Å². The second kappa shape index (κ2) is 1.47. The second-order valence-corrected chi connectivity index (χ2v) is 3.14. The molecule has 1 radical (unpaired) electrons. The van der Waals surface area contributed by atoms with Gasteiger partial charge in [-0.2, -0.15) is 0 Å². The lowest BCUT2D eigenvalue weighted by Crippen LogP contribution is -2.08. The normalized spacial score (nSPS) is 29.2. The average Bonchev–Trinajstić information content (AvgIpc) is 2.63. The van der Waals surface area contributed by atoms with E-state index in [-0.39, 0.29) is 6.10 Å². The molecule has 0 spiro atoms. The lowest BCUT2D eigenvalue weighted by atomic mass is 10.1. The van der Waals surface area contributed by atoms with Crippen molar-refractivity contribution in [2.24, 2.45) is 11.8 Å². The van der Waals surface area contributed by atoms with E-state index in [0.717, 1.165) is 0 Å². The molecule has 1 nitrogen and oxygen atoms in total. The molecule has 2 rings (SSSR count). The highest BCUT2D eigenvalue weighted by atomic mass is 16.3. The summed E-state index contributed by atoms with van der Waals surface area (Å²) >= 11 is 0. The van der Waals surface area contributed by atoms with Gasteiger partial charge in [0.2, 0.25) is 0 Å². The van der Waals surface area contributed by atoms with Gasteiger partial charge in [0.05, 0.1) is 6.10 Å². The van der Waals surface area contributed by atoms with Gasteiger partial charge in [0.25, 0.3) is 0 Å². The van der Waals surface area contributed by atoms with Crippen molar-refractivity contribution in [1.82, 2.24) is 0 Å². The zero-order valence-electron chi connectivity index (χ0n) is 4.97. The third kappa shape index (κ3) is 0.752. The summed E-state index contributed by atoms with van der Waals surface area (Å²) in [6.07, 6.45) is 4.75. The Morgan fingerprint density at radius 3 is 1.62 bits per heavy atom. The van der Waals surface area contributed by atoms with Crippen LogP contribution in [0.15, 0.2) is 0 Å². The molecule has 8 heavy (non-hydrogen) atoms. The van der Waals surface area contributed by atoms with Gasteiger partial charge in [-0.3, -0.25) is 0 Å². The van der Waals surface area contributed by atoms with Crippen molar-refractivity contribution in [1.29, 1.82) is 0 Å². The maximum atomic E-state index is 11.1. The SMILES string of the molecule is [O]C(C1CC1)C1CC1. The summed E-state index contributed by atoms with van der Waals surface area (Å²) in [5, 5.41) is 11.1. The topological polar surface area (TPSA) is 19.9 Å². The van der Waals surface area contributed by atoms with Crippen molar-refractivity contribution in [2.75, 3.05) is 0 Å². The summed E-state index contributed by atoms with van der Waals surface area (Å²) < 4.78 is 0. The Balaban J connectivity index is 1.84. The summed E-state index contributed by atoms with van der Waals surface area (Å²) in [4.78, 5) is 0. The maximum Gasteiger partial charge on any atom is 0.0986 e. The van der Waals surface area contributed by atoms with Crippen LogP contribution in [0.1, 0.15) is 25.7 Å². The highest BCUT2D eigenvalue weighted by molar-refractivity contribution is 4.90. The average molecular weight is 111 g/mol. The highest BCUT2D eigenvalue weighted by Gasteiger charge is 2.41. The molecule has 0 aromatic rings. The highest BCUT2D eigenvalue weighted by Crippen LogP contribution is 2.44. The van der Waals surface area contributed by atoms with Crippen molar-refractivity contribution in [3.05, 3.63) is 0 Å². The van der Waals surface area contributed by atoms with Crippen LogP contribution in [0.2, 0.25) is 0 Å². The molecule has 1 heteroatoms. The molecule has 0 aromatic heterocycles. The molecule has 0 atom stereocenters. The van der Waals surface area contributed by atoms with E-state index in [1.165, 1.54) is 25.7 Å². The fourth-order valence-electron chi connectivity index (χ4n) is 1.23. The standard InChI is InChI=1S/C7H11O/c8-7(5-1-2-5)6-3-4-6/h5-7H,1-4H2. The van der Waals surface area contributed by atoms with Gasteiger partial charge in [0.15, 0.2) is 0 Å². The molecule has 0 unspecified atom stereocenters. The molecule has 0 saturated heterocycles. The van der Waals surface area contributed by atoms with E-state index in [1.54, 1.807) is 0 Å². The summed E-state index contributed by atoms with van der Waals surface area (Å²) in [6.45, 7) is 0. The van der Waals surface area contributed by atoms with Crippen molar-refractivity contribution in [2.45, 2.75) is 31.8 Å². The molecule has 45 valence electrons. The predicted molar refractivity (Wildman–Crippen MR) is 29.9 cm³/mol. The van der Waals surface area contributed by atoms with Gasteiger partial charge in [-0.05, 0) is 37.5 Å². The minimum atomic E-state index is -0.157. The monoisotopic (exact) mass is 111 g/mol. The first kappa shape index (κ1) is 4.80. The van der Waals surface area contributed by atoms with Crippen LogP contribution in [0.25, 0.3) is 0 Å². The molecule has 2 aliphatic rings. The summed E-state index contributed by atoms with van der Waals surface area (Å²) in [7, 11) is 0. The number of rotatable bonds is 2. The van der Waals surface area contributed by atoms with Gasteiger partial charge in [0, 0.05) is 0 Å². The molecular formula is C7H11O. The van der Waals surface area contributed by atoms with E-state index in [2.05, 4.69) is 0 Å². The Kier molecular flexibility index (Phi) is 0.884. The van der Waals surface area contributed by atoms with Crippen LogP contribution < -0.4 is 0 Å². The minimum Gasteiger partial charge on any atom is -0.233 e. The summed E-state index contributed by atoms with van der Waals surface area (Å²) in [5.74, 6) is 1.20. The van der Waals surface area contributed by atoms with E-state index in [1.807, 2.05) is 0 Å². The molecule has 2 aliphatic carbocycles. The summed E-state index contributed by atoms with van der Waals surface area (Å²) in [6, 6.07) is 0. The Hall–Kier alpha value is -0.0400. The molecule has 0 amide bonds. The molecular weight excluding hydrogens is 100 g/mol. The smallest absolute Gasteiger partial charge is 0.0986 e. The lowest BCUT2D eigenvalue weighted by Gasteiger charge is -2.00. The van der Waals surface area contributed by atoms with Crippen LogP contribution in [0, 0.1) is 11.8 Å². The molecule has 0 bridgehead atoms. The fraction of sp³-hybridized carbons (Fsp3) is 1.00. The van der Waals surface area contributed by atoms with Gasteiger partial charge >= 0.3 is 0 Å². The van der Waals surface area contributed by atoms with E-state index < -0.39 is 0 Å². The molecule has 0 aliphatic heterocycles. The third-order valence-corrected chi connectivity index (χ3v) is 2.17. The maximum absolute atomic E-state index is 11.1. The first-order chi connectivity index (χ1) is 3.88. The van der Waals surface area contributed by atoms with Gasteiger partial charge in [-0.1, -0.05) is 0 Å². The van der Waals surface area contributed by atoms with E-state index >= 15 is 0 Å². The first-order valence-electron chi connectivity index (χ1n) is 3.54. The van der Waals surface area contributed by atoms with Crippen LogP contribution in [0.4, 0.5) is 0 Å².